The van der Waals surface area contributed by atoms with E-state index in [1.165, 1.54) is 7.05 Å². The van der Waals surface area contributed by atoms with Crippen LogP contribution in [0.1, 0.15) is 0 Å². The predicted molar refractivity (Wildman–Crippen MR) is 46.3 cm³/mol. The van der Waals surface area contributed by atoms with Crippen molar-refractivity contribution in [3.05, 3.63) is 12.3 Å². The zero-order valence-corrected chi connectivity index (χ0v) is 7.76. The number of aliphatic imine (C=N–C) groups is 1. The van der Waals surface area contributed by atoms with E-state index in [4.69, 9.17) is 16.7 Å². The molecule has 0 aliphatic carbocycles. The summed E-state index contributed by atoms with van der Waals surface area (Å²) in [5.74, 6) is -3.25. The average molecular weight is 214 g/mol. The van der Waals surface area contributed by atoms with Gasteiger partial charge in [-0.05, 0) is 0 Å². The number of halogens is 3. The molecule has 0 unspecified atom stereocenters. The molecule has 0 radical (unpaired) electrons. The van der Waals surface area contributed by atoms with Gasteiger partial charge >= 0.3 is 0 Å². The molecule has 0 saturated carbocycles. The minimum absolute atomic E-state index is 0.0595. The topological polar surface area (TPSA) is 41.8 Å². The van der Waals surface area contributed by atoms with Gasteiger partial charge in [-0.3, -0.25) is 4.99 Å². The van der Waals surface area contributed by atoms with Crippen molar-refractivity contribution in [2.24, 2.45) is 4.99 Å². The Hall–Kier alpha value is -0.680. The molecule has 0 aromatic heterocycles. The number of aliphatic hydroxyl groups excluding tert-OH is 1. The van der Waals surface area contributed by atoms with Crippen LogP contribution in [0.4, 0.5) is 8.78 Å². The van der Waals surface area contributed by atoms with Gasteiger partial charge in [0.05, 0.1) is 6.26 Å². The van der Waals surface area contributed by atoms with Gasteiger partial charge in [-0.15, -0.1) is 0 Å². The number of aliphatic hydroxyl groups is 1. The van der Waals surface area contributed by atoms with E-state index < -0.39 is 12.5 Å². The summed E-state index contributed by atoms with van der Waals surface area (Å²) < 4.78 is 29.1. The Bertz CT molecular complexity index is 207. The van der Waals surface area contributed by atoms with Crippen molar-refractivity contribution < 1.29 is 18.6 Å². The monoisotopic (exact) mass is 213 g/mol. The van der Waals surface area contributed by atoms with Crippen molar-refractivity contribution in [3.63, 3.8) is 0 Å². The molecule has 0 heterocycles. The summed E-state index contributed by atoms with van der Waals surface area (Å²) in [4.78, 5) is 3.53. The van der Waals surface area contributed by atoms with Crippen LogP contribution in [0.15, 0.2) is 17.3 Å². The molecule has 0 spiro atoms. The summed E-state index contributed by atoms with van der Waals surface area (Å²) in [5, 5.41) is 8.32. The molecule has 0 saturated heterocycles. The van der Waals surface area contributed by atoms with Crippen LogP contribution in [-0.2, 0) is 4.74 Å². The number of alkyl halides is 2. The maximum Gasteiger partial charge on any atom is 0.292 e. The Morgan fingerprint density at radius 2 is 2.31 bits per heavy atom. The third-order valence-corrected chi connectivity index (χ3v) is 1.34. The second kappa shape index (κ2) is 5.88. The highest BCUT2D eigenvalue weighted by Gasteiger charge is 2.23. The van der Waals surface area contributed by atoms with Gasteiger partial charge in [-0.1, -0.05) is 11.6 Å². The molecule has 76 valence electrons. The third kappa shape index (κ3) is 6.48. The molecular weight excluding hydrogens is 204 g/mol. The minimum atomic E-state index is -3.25. The van der Waals surface area contributed by atoms with Crippen LogP contribution in [0.5, 0.6) is 0 Å². The first-order valence-electron chi connectivity index (χ1n) is 3.41. The van der Waals surface area contributed by atoms with E-state index in [1.54, 1.807) is 0 Å². The van der Waals surface area contributed by atoms with Crippen LogP contribution in [-0.4, -0.2) is 36.5 Å². The number of hydrogen-bond acceptors (Lipinski definition) is 3. The first kappa shape index (κ1) is 12.3. The lowest BCUT2D eigenvalue weighted by molar-refractivity contribution is -0.00682. The lowest BCUT2D eigenvalue weighted by Crippen LogP contribution is -2.17. The van der Waals surface area contributed by atoms with Crippen LogP contribution in [0.25, 0.3) is 0 Å². The zero-order chi connectivity index (χ0) is 10.3. The van der Waals surface area contributed by atoms with Gasteiger partial charge in [0.1, 0.15) is 18.4 Å². The summed E-state index contributed by atoms with van der Waals surface area (Å²) in [6, 6.07) is 0. The highest BCUT2D eigenvalue weighted by molar-refractivity contribution is 6.65. The van der Waals surface area contributed by atoms with E-state index in [0.29, 0.717) is 6.08 Å². The van der Waals surface area contributed by atoms with Crippen LogP contribution < -0.4 is 0 Å². The maximum atomic E-state index is 12.3. The van der Waals surface area contributed by atoms with Crippen LogP contribution in [0, 0.1) is 0 Å². The van der Waals surface area contributed by atoms with Crippen LogP contribution >= 0.6 is 11.6 Å². The van der Waals surface area contributed by atoms with Gasteiger partial charge in [0, 0.05) is 13.1 Å². The normalized spacial score (nSPS) is 13.8. The molecule has 0 bridgehead atoms. The molecule has 6 heteroatoms. The molecular formula is C7H10ClF2NO2. The number of rotatable bonds is 5. The van der Waals surface area contributed by atoms with E-state index >= 15 is 0 Å². The Balaban J connectivity index is 3.76. The number of nitrogens with zero attached hydrogens (tertiary/aromatic N) is 1. The summed E-state index contributed by atoms with van der Waals surface area (Å²) in [5.41, 5.74) is 0. The first-order valence-corrected chi connectivity index (χ1v) is 3.79. The molecule has 1 N–H and O–H groups in total. The van der Waals surface area contributed by atoms with Gasteiger partial charge in [0.25, 0.3) is 5.92 Å². The smallest absolute Gasteiger partial charge is 0.292 e. The van der Waals surface area contributed by atoms with E-state index in [2.05, 4.69) is 9.73 Å². The molecule has 0 rings (SSSR count). The lowest BCUT2D eigenvalue weighted by atomic mass is 10.3. The van der Waals surface area contributed by atoms with Gasteiger partial charge < -0.3 is 9.84 Å². The fourth-order valence-corrected chi connectivity index (χ4v) is 0.445. The summed E-state index contributed by atoms with van der Waals surface area (Å²) >= 11 is 5.40. The van der Waals surface area contributed by atoms with E-state index in [-0.39, 0.29) is 11.8 Å². The van der Waals surface area contributed by atoms with Crippen molar-refractivity contribution in [3.8, 4) is 0 Å². The van der Waals surface area contributed by atoms with Crippen molar-refractivity contribution in [1.82, 2.24) is 0 Å². The van der Waals surface area contributed by atoms with Gasteiger partial charge in [0.2, 0.25) is 0 Å². The molecule has 0 aromatic carbocycles. The fourth-order valence-electron chi connectivity index (χ4n) is 0.382. The van der Waals surface area contributed by atoms with Crippen molar-refractivity contribution in [1.29, 1.82) is 0 Å². The second-order valence-electron chi connectivity index (χ2n) is 2.13. The zero-order valence-electron chi connectivity index (χ0n) is 7.01. The van der Waals surface area contributed by atoms with Crippen molar-refractivity contribution in [2.75, 3.05) is 20.3 Å². The molecule has 0 aromatic rings. The Kier molecular flexibility index (Phi) is 5.57. The fraction of sp³-hybridized carbons (Fsp3) is 0.571. The number of ether oxygens (including phenoxy) is 1. The van der Waals surface area contributed by atoms with Gasteiger partial charge in [-0.25, -0.2) is 0 Å². The second-order valence-corrected chi connectivity index (χ2v) is 2.57. The average Bonchev–Trinajstić information content (AvgIpc) is 2.12. The molecule has 3 nitrogen and oxygen atoms in total. The van der Waals surface area contributed by atoms with E-state index in [0.717, 1.165) is 6.26 Å². The SMILES string of the molecule is C/N=C(/Cl)CO/C=C/C(F)(F)CO. The molecule has 13 heavy (non-hydrogen) atoms. The predicted octanol–water partition coefficient (Wildman–Crippen LogP) is 1.41. The van der Waals surface area contributed by atoms with Crippen molar-refractivity contribution in [2.45, 2.75) is 5.92 Å². The van der Waals surface area contributed by atoms with E-state index in [9.17, 15) is 8.78 Å². The van der Waals surface area contributed by atoms with Crippen LogP contribution in [0.2, 0.25) is 0 Å². The molecule has 0 amide bonds. The van der Waals surface area contributed by atoms with Crippen molar-refractivity contribution >= 4 is 16.8 Å². The molecule has 0 aliphatic rings. The maximum absolute atomic E-state index is 12.3. The first-order chi connectivity index (χ1) is 6.02. The largest absolute Gasteiger partial charge is 0.494 e. The minimum Gasteiger partial charge on any atom is -0.494 e. The molecule has 0 aliphatic heterocycles. The summed E-state index contributed by atoms with van der Waals surface area (Å²) in [6.07, 6.45) is 1.23. The summed E-state index contributed by atoms with van der Waals surface area (Å²) in [6.45, 7) is -1.31. The quantitative estimate of drug-likeness (QED) is 0.554. The Labute approximate surface area is 79.7 Å². The highest BCUT2D eigenvalue weighted by atomic mass is 35.5. The standard InChI is InChI=1S/C7H10ClF2NO2/c1-11-6(8)4-13-3-2-7(9,10)5-12/h2-3,12H,4-5H2,1H3/b3-2+,11-6+. The van der Waals surface area contributed by atoms with Gasteiger partial charge in [-0.2, -0.15) is 8.78 Å². The Morgan fingerprint density at radius 1 is 1.69 bits per heavy atom. The Morgan fingerprint density at radius 3 is 2.77 bits per heavy atom. The molecule has 0 atom stereocenters. The highest BCUT2D eigenvalue weighted by Crippen LogP contribution is 2.13. The third-order valence-electron chi connectivity index (χ3n) is 1.06. The van der Waals surface area contributed by atoms with Gasteiger partial charge in [0.15, 0.2) is 0 Å². The van der Waals surface area contributed by atoms with Crippen LogP contribution in [0.3, 0.4) is 0 Å². The lowest BCUT2D eigenvalue weighted by Gasteiger charge is -2.06. The number of hydrogen-bond donors (Lipinski definition) is 1. The molecule has 0 fully saturated rings. The van der Waals surface area contributed by atoms with E-state index in [1.807, 2.05) is 0 Å². The summed E-state index contributed by atoms with van der Waals surface area (Å²) in [7, 11) is 1.46.